The summed E-state index contributed by atoms with van der Waals surface area (Å²) < 4.78 is 3.46. The Labute approximate surface area is 112 Å². The smallest absolute Gasteiger partial charge is 0.274 e. The number of hydrogen-bond donors (Lipinski definition) is 1. The highest BCUT2D eigenvalue weighted by atomic mass is 16.2. The Balaban J connectivity index is 2.30. The van der Waals surface area contributed by atoms with Crippen molar-refractivity contribution < 1.29 is 4.79 Å². The number of amides is 1. The Hall–Kier alpha value is -2.11. The fourth-order valence-electron chi connectivity index (χ4n) is 2.10. The van der Waals surface area contributed by atoms with Crippen molar-refractivity contribution in [1.82, 2.24) is 19.6 Å². The van der Waals surface area contributed by atoms with Gasteiger partial charge in [-0.3, -0.25) is 14.2 Å². The van der Waals surface area contributed by atoms with Gasteiger partial charge in [-0.25, -0.2) is 0 Å². The maximum Gasteiger partial charge on any atom is 0.274 e. The van der Waals surface area contributed by atoms with E-state index in [9.17, 15) is 4.79 Å². The summed E-state index contributed by atoms with van der Waals surface area (Å²) in [7, 11) is 1.86. The second-order valence-corrected chi connectivity index (χ2v) is 4.61. The molecule has 0 saturated carbocycles. The molecule has 2 aromatic rings. The van der Waals surface area contributed by atoms with Crippen LogP contribution in [0.3, 0.4) is 0 Å². The molecule has 0 aliphatic rings. The van der Waals surface area contributed by atoms with E-state index in [0.29, 0.717) is 12.2 Å². The summed E-state index contributed by atoms with van der Waals surface area (Å²) in [5.41, 5.74) is 3.93. The molecular formula is C13H19N5O. The monoisotopic (exact) mass is 261 g/mol. The van der Waals surface area contributed by atoms with Crippen molar-refractivity contribution in [1.29, 1.82) is 0 Å². The number of hydrogen-bond acceptors (Lipinski definition) is 3. The summed E-state index contributed by atoms with van der Waals surface area (Å²) in [5.74, 6) is -0.151. The molecule has 2 aromatic heterocycles. The normalized spacial score (nSPS) is 10.8. The number of nitrogens with one attached hydrogen (secondary N) is 1. The first-order valence-electron chi connectivity index (χ1n) is 6.30. The van der Waals surface area contributed by atoms with Crippen molar-refractivity contribution in [3.63, 3.8) is 0 Å². The van der Waals surface area contributed by atoms with E-state index in [2.05, 4.69) is 15.5 Å². The standard InChI is InChI=1S/C13H19N5O/c1-6-18-11(7-8(2)15-18)13(19)14-12-9(3)16-17(5)10(12)4/h7H,6H2,1-5H3,(H,14,19). The van der Waals surface area contributed by atoms with Gasteiger partial charge >= 0.3 is 0 Å². The van der Waals surface area contributed by atoms with E-state index >= 15 is 0 Å². The fourth-order valence-corrected chi connectivity index (χ4v) is 2.10. The number of anilines is 1. The molecule has 0 atom stereocenters. The Morgan fingerprint density at radius 1 is 1.32 bits per heavy atom. The SMILES string of the molecule is CCn1nc(C)cc1C(=O)Nc1c(C)nn(C)c1C. The minimum atomic E-state index is -0.151. The molecule has 0 aliphatic heterocycles. The van der Waals surface area contributed by atoms with Crippen LogP contribution in [-0.4, -0.2) is 25.5 Å². The van der Waals surface area contributed by atoms with E-state index in [1.54, 1.807) is 15.4 Å². The number of aromatic nitrogens is 4. The zero-order valence-corrected chi connectivity index (χ0v) is 12.0. The Morgan fingerprint density at radius 2 is 2.00 bits per heavy atom. The highest BCUT2D eigenvalue weighted by molar-refractivity contribution is 6.03. The first kappa shape index (κ1) is 13.3. The van der Waals surface area contributed by atoms with Gasteiger partial charge in [-0.05, 0) is 33.8 Å². The molecule has 0 saturated heterocycles. The van der Waals surface area contributed by atoms with E-state index in [1.165, 1.54) is 0 Å². The van der Waals surface area contributed by atoms with Gasteiger partial charge in [0.2, 0.25) is 0 Å². The Kier molecular flexibility index (Phi) is 3.42. The van der Waals surface area contributed by atoms with Crippen molar-refractivity contribution in [2.45, 2.75) is 34.2 Å². The second-order valence-electron chi connectivity index (χ2n) is 4.61. The van der Waals surface area contributed by atoms with Gasteiger partial charge in [0.1, 0.15) is 5.69 Å². The molecule has 2 heterocycles. The van der Waals surface area contributed by atoms with Crippen LogP contribution in [0.25, 0.3) is 0 Å². The topological polar surface area (TPSA) is 64.7 Å². The number of carbonyl (C=O) groups is 1. The molecule has 19 heavy (non-hydrogen) atoms. The first-order chi connectivity index (χ1) is 8.93. The van der Waals surface area contributed by atoms with Gasteiger partial charge in [-0.15, -0.1) is 0 Å². The van der Waals surface area contributed by atoms with Crippen LogP contribution < -0.4 is 5.32 Å². The Morgan fingerprint density at radius 3 is 2.53 bits per heavy atom. The maximum atomic E-state index is 12.3. The molecule has 6 heteroatoms. The minimum Gasteiger partial charge on any atom is -0.317 e. The van der Waals surface area contributed by atoms with Crippen molar-refractivity contribution in [3.8, 4) is 0 Å². The van der Waals surface area contributed by atoms with E-state index in [1.807, 2.05) is 34.7 Å². The van der Waals surface area contributed by atoms with Crippen LogP contribution in [0.5, 0.6) is 0 Å². The summed E-state index contributed by atoms with van der Waals surface area (Å²) in [6, 6.07) is 1.79. The zero-order chi connectivity index (χ0) is 14.2. The number of carbonyl (C=O) groups excluding carboxylic acids is 1. The molecule has 0 radical (unpaired) electrons. The zero-order valence-electron chi connectivity index (χ0n) is 12.0. The lowest BCUT2D eigenvalue weighted by Crippen LogP contribution is -2.18. The average Bonchev–Trinajstić information content (AvgIpc) is 2.85. The Bertz CT molecular complexity index is 623. The maximum absolute atomic E-state index is 12.3. The van der Waals surface area contributed by atoms with Gasteiger partial charge in [0.25, 0.3) is 5.91 Å². The molecular weight excluding hydrogens is 242 g/mol. The quantitative estimate of drug-likeness (QED) is 0.916. The molecule has 0 bridgehead atoms. The summed E-state index contributed by atoms with van der Waals surface area (Å²) >= 11 is 0. The van der Waals surface area contributed by atoms with E-state index in [0.717, 1.165) is 22.8 Å². The van der Waals surface area contributed by atoms with Gasteiger partial charge in [-0.2, -0.15) is 10.2 Å². The minimum absolute atomic E-state index is 0.151. The van der Waals surface area contributed by atoms with E-state index in [-0.39, 0.29) is 5.91 Å². The highest BCUT2D eigenvalue weighted by Crippen LogP contribution is 2.19. The molecule has 2 rings (SSSR count). The number of aryl methyl sites for hydroxylation is 4. The van der Waals surface area contributed by atoms with Crippen LogP contribution in [0.1, 0.15) is 34.5 Å². The summed E-state index contributed by atoms with van der Waals surface area (Å²) in [4.78, 5) is 12.3. The lowest BCUT2D eigenvalue weighted by Gasteiger charge is -2.07. The van der Waals surface area contributed by atoms with E-state index < -0.39 is 0 Å². The van der Waals surface area contributed by atoms with Crippen molar-refractivity contribution in [2.75, 3.05) is 5.32 Å². The molecule has 0 aromatic carbocycles. The molecule has 6 nitrogen and oxygen atoms in total. The third kappa shape index (κ3) is 2.38. The predicted octanol–water partition coefficient (Wildman–Crippen LogP) is 1.81. The molecule has 0 spiro atoms. The van der Waals surface area contributed by atoms with E-state index in [4.69, 9.17) is 0 Å². The highest BCUT2D eigenvalue weighted by Gasteiger charge is 2.17. The number of nitrogens with zero attached hydrogens (tertiary/aromatic N) is 4. The van der Waals surface area contributed by atoms with Crippen LogP contribution in [0, 0.1) is 20.8 Å². The largest absolute Gasteiger partial charge is 0.317 e. The number of rotatable bonds is 3. The van der Waals surface area contributed by atoms with Crippen molar-refractivity contribution >= 4 is 11.6 Å². The second kappa shape index (κ2) is 4.87. The molecule has 0 aliphatic carbocycles. The van der Waals surface area contributed by atoms with Crippen molar-refractivity contribution in [2.24, 2.45) is 7.05 Å². The molecule has 0 unspecified atom stereocenters. The summed E-state index contributed by atoms with van der Waals surface area (Å²) in [6.45, 7) is 8.32. The first-order valence-corrected chi connectivity index (χ1v) is 6.30. The third-order valence-electron chi connectivity index (χ3n) is 3.18. The van der Waals surface area contributed by atoms with Gasteiger partial charge in [0.05, 0.1) is 22.8 Å². The van der Waals surface area contributed by atoms with Crippen LogP contribution in [0.4, 0.5) is 5.69 Å². The lowest BCUT2D eigenvalue weighted by atomic mass is 10.3. The molecule has 1 amide bonds. The lowest BCUT2D eigenvalue weighted by molar-refractivity contribution is 0.101. The fraction of sp³-hybridized carbons (Fsp3) is 0.462. The molecule has 1 N–H and O–H groups in total. The van der Waals surface area contributed by atoms with Crippen LogP contribution in [0.2, 0.25) is 0 Å². The predicted molar refractivity (Wildman–Crippen MR) is 73.3 cm³/mol. The molecule has 0 fully saturated rings. The van der Waals surface area contributed by atoms with Gasteiger partial charge in [-0.1, -0.05) is 0 Å². The average molecular weight is 261 g/mol. The molecule has 102 valence electrons. The summed E-state index contributed by atoms with van der Waals surface area (Å²) in [5, 5.41) is 11.5. The van der Waals surface area contributed by atoms with Gasteiger partial charge in [0, 0.05) is 13.6 Å². The van der Waals surface area contributed by atoms with Crippen LogP contribution in [-0.2, 0) is 13.6 Å². The van der Waals surface area contributed by atoms with Gasteiger partial charge < -0.3 is 5.32 Å². The summed E-state index contributed by atoms with van der Waals surface area (Å²) in [6.07, 6.45) is 0. The van der Waals surface area contributed by atoms with Crippen LogP contribution in [0.15, 0.2) is 6.07 Å². The van der Waals surface area contributed by atoms with Gasteiger partial charge in [0.15, 0.2) is 0 Å². The van der Waals surface area contributed by atoms with Crippen molar-refractivity contribution in [3.05, 3.63) is 28.8 Å². The van der Waals surface area contributed by atoms with Crippen LogP contribution >= 0.6 is 0 Å². The third-order valence-corrected chi connectivity index (χ3v) is 3.18.